The van der Waals surface area contributed by atoms with Gasteiger partial charge in [-0.1, -0.05) is 48.5 Å². The summed E-state index contributed by atoms with van der Waals surface area (Å²) >= 11 is 0. The van der Waals surface area contributed by atoms with Crippen LogP contribution in [0.25, 0.3) is 5.57 Å². The number of ether oxygens (including phenoxy) is 1. The van der Waals surface area contributed by atoms with E-state index in [1.807, 2.05) is 0 Å². The molecule has 0 aliphatic rings. The summed E-state index contributed by atoms with van der Waals surface area (Å²) in [5.41, 5.74) is 0.857. The molecule has 0 bridgehead atoms. The van der Waals surface area contributed by atoms with E-state index in [2.05, 4.69) is 0 Å². The fourth-order valence-corrected chi connectivity index (χ4v) is 2.39. The Hall–Kier alpha value is -2.95. The molecule has 0 atom stereocenters. The van der Waals surface area contributed by atoms with Crippen LogP contribution in [0, 0.1) is 5.82 Å². The number of esters is 1. The van der Waals surface area contributed by atoms with E-state index < -0.39 is 24.2 Å². The van der Waals surface area contributed by atoms with Crippen molar-refractivity contribution in [1.82, 2.24) is 0 Å². The molecular weight excluding hydrogens is 311 g/mol. The predicted octanol–water partition coefficient (Wildman–Crippen LogP) is 3.67. The molecule has 1 N–H and O–H groups in total. The second-order valence-electron chi connectivity index (χ2n) is 4.99. The van der Waals surface area contributed by atoms with Crippen molar-refractivity contribution in [2.24, 2.45) is 0 Å². The molecule has 124 valence electrons. The number of rotatable bonds is 6. The van der Waals surface area contributed by atoms with Crippen molar-refractivity contribution in [3.05, 3.63) is 77.1 Å². The van der Waals surface area contributed by atoms with Gasteiger partial charge in [-0.3, -0.25) is 4.79 Å². The molecule has 24 heavy (non-hydrogen) atoms. The average molecular weight is 328 g/mol. The Morgan fingerprint density at radius 2 is 1.67 bits per heavy atom. The number of hydrogen-bond donors (Lipinski definition) is 1. The molecule has 0 aliphatic carbocycles. The first kappa shape index (κ1) is 17.4. The van der Waals surface area contributed by atoms with Gasteiger partial charge in [0.25, 0.3) is 0 Å². The van der Waals surface area contributed by atoms with Crippen molar-refractivity contribution in [3.63, 3.8) is 0 Å². The summed E-state index contributed by atoms with van der Waals surface area (Å²) in [7, 11) is 0. The maximum absolute atomic E-state index is 14.3. The van der Waals surface area contributed by atoms with E-state index in [9.17, 15) is 19.1 Å². The molecule has 0 unspecified atom stereocenters. The van der Waals surface area contributed by atoms with Gasteiger partial charge in [-0.15, -0.1) is 0 Å². The van der Waals surface area contributed by atoms with Crippen molar-refractivity contribution >= 4 is 17.5 Å². The third-order valence-electron chi connectivity index (χ3n) is 3.36. The van der Waals surface area contributed by atoms with Crippen LogP contribution >= 0.6 is 0 Å². The van der Waals surface area contributed by atoms with Gasteiger partial charge in [-0.05, 0) is 18.6 Å². The smallest absolute Gasteiger partial charge is 0.335 e. The first-order chi connectivity index (χ1) is 11.5. The first-order valence-electron chi connectivity index (χ1n) is 7.47. The van der Waals surface area contributed by atoms with Crippen molar-refractivity contribution in [1.29, 1.82) is 0 Å². The standard InChI is InChI=1S/C19H17FO4/c1-2-24-19(23)15(12-17(21)22)18(13-8-4-3-5-9-13)14-10-6-7-11-16(14)20/h3-11H,2,12H2,1H3,(H,21,22)/b18-15-. The Balaban J connectivity index is 2.76. The molecule has 0 radical (unpaired) electrons. The van der Waals surface area contributed by atoms with Crippen molar-refractivity contribution < 1.29 is 23.8 Å². The SMILES string of the molecule is CCOC(=O)/C(CC(=O)O)=C(/c1ccccc1)c1ccccc1F. The molecule has 4 nitrogen and oxygen atoms in total. The van der Waals surface area contributed by atoms with Gasteiger partial charge in [0.05, 0.1) is 18.6 Å². The minimum Gasteiger partial charge on any atom is -0.481 e. The van der Waals surface area contributed by atoms with Gasteiger partial charge in [-0.2, -0.15) is 0 Å². The summed E-state index contributed by atoms with van der Waals surface area (Å²) in [4.78, 5) is 23.5. The molecule has 0 spiro atoms. The number of carboxylic acids is 1. The first-order valence-corrected chi connectivity index (χ1v) is 7.47. The lowest BCUT2D eigenvalue weighted by molar-refractivity contribution is -0.142. The summed E-state index contributed by atoms with van der Waals surface area (Å²) in [6.45, 7) is 1.73. The monoisotopic (exact) mass is 328 g/mol. The Morgan fingerprint density at radius 1 is 1.04 bits per heavy atom. The zero-order valence-corrected chi connectivity index (χ0v) is 13.2. The number of carbonyl (C=O) groups excluding carboxylic acids is 1. The molecule has 0 amide bonds. The van der Waals surface area contributed by atoms with Crippen LogP contribution in [0.5, 0.6) is 0 Å². The minimum atomic E-state index is -1.19. The average Bonchev–Trinajstić information content (AvgIpc) is 2.57. The highest BCUT2D eigenvalue weighted by atomic mass is 19.1. The van der Waals surface area contributed by atoms with Crippen molar-refractivity contribution in [3.8, 4) is 0 Å². The lowest BCUT2D eigenvalue weighted by atomic mass is 9.91. The molecule has 0 fully saturated rings. The molecule has 5 heteroatoms. The normalized spacial score (nSPS) is 11.6. The molecule has 0 saturated heterocycles. The molecule has 0 heterocycles. The zero-order valence-electron chi connectivity index (χ0n) is 13.2. The van der Waals surface area contributed by atoms with Crippen LogP contribution < -0.4 is 0 Å². The van der Waals surface area contributed by atoms with Gasteiger partial charge in [0.2, 0.25) is 0 Å². The van der Waals surface area contributed by atoms with Gasteiger partial charge >= 0.3 is 11.9 Å². The van der Waals surface area contributed by atoms with Crippen LogP contribution in [0.1, 0.15) is 24.5 Å². The fraction of sp³-hybridized carbons (Fsp3) is 0.158. The minimum absolute atomic E-state index is 0.0827. The lowest BCUT2D eigenvalue weighted by Crippen LogP contribution is -2.14. The second kappa shape index (κ2) is 8.06. The van der Waals surface area contributed by atoms with Crippen LogP contribution in [0.3, 0.4) is 0 Å². The summed E-state index contributed by atoms with van der Waals surface area (Å²) in [6.07, 6.45) is -0.558. The molecule has 0 aromatic heterocycles. The van der Waals surface area contributed by atoms with Gasteiger partial charge < -0.3 is 9.84 Å². The summed E-state index contributed by atoms with van der Waals surface area (Å²) < 4.78 is 19.3. The van der Waals surface area contributed by atoms with Gasteiger partial charge in [0.1, 0.15) is 5.82 Å². The van der Waals surface area contributed by atoms with Crippen LogP contribution in [-0.2, 0) is 14.3 Å². The molecule has 2 aromatic carbocycles. The topological polar surface area (TPSA) is 63.6 Å². The van der Waals surface area contributed by atoms with E-state index >= 15 is 0 Å². The molecular formula is C19H17FO4. The molecule has 0 saturated carbocycles. The third-order valence-corrected chi connectivity index (χ3v) is 3.36. The van der Waals surface area contributed by atoms with E-state index in [1.54, 1.807) is 43.3 Å². The van der Waals surface area contributed by atoms with Gasteiger partial charge in [0, 0.05) is 11.1 Å². The number of halogens is 1. The molecule has 0 aliphatic heterocycles. The van der Waals surface area contributed by atoms with Crippen LogP contribution in [-0.4, -0.2) is 23.7 Å². The highest BCUT2D eigenvalue weighted by molar-refractivity contribution is 6.04. The van der Waals surface area contributed by atoms with E-state index in [4.69, 9.17) is 4.74 Å². The number of benzene rings is 2. The maximum atomic E-state index is 14.3. The zero-order chi connectivity index (χ0) is 17.5. The Morgan fingerprint density at radius 3 is 2.25 bits per heavy atom. The third kappa shape index (κ3) is 4.07. The van der Waals surface area contributed by atoms with E-state index in [1.165, 1.54) is 18.2 Å². The molecule has 2 rings (SSSR count). The lowest BCUT2D eigenvalue weighted by Gasteiger charge is -2.15. The highest BCUT2D eigenvalue weighted by Gasteiger charge is 2.23. The Labute approximate surface area is 139 Å². The number of carbonyl (C=O) groups is 2. The van der Waals surface area contributed by atoms with Crippen LogP contribution in [0.4, 0.5) is 4.39 Å². The van der Waals surface area contributed by atoms with Crippen LogP contribution in [0.15, 0.2) is 60.2 Å². The van der Waals surface area contributed by atoms with E-state index in [0.29, 0.717) is 5.56 Å². The second-order valence-corrected chi connectivity index (χ2v) is 4.99. The summed E-state index contributed by atoms with van der Waals surface area (Å²) in [6, 6.07) is 14.6. The Kier molecular flexibility index (Phi) is 5.84. The van der Waals surface area contributed by atoms with E-state index in [-0.39, 0.29) is 23.3 Å². The predicted molar refractivity (Wildman–Crippen MR) is 87.7 cm³/mol. The fourth-order valence-electron chi connectivity index (χ4n) is 2.39. The van der Waals surface area contributed by atoms with Crippen molar-refractivity contribution in [2.45, 2.75) is 13.3 Å². The Bertz CT molecular complexity index is 766. The maximum Gasteiger partial charge on any atom is 0.335 e. The number of carboxylic acid groups (broad SMARTS) is 1. The summed E-state index contributed by atoms with van der Waals surface area (Å²) in [5, 5.41) is 9.18. The van der Waals surface area contributed by atoms with Crippen molar-refractivity contribution in [2.75, 3.05) is 6.61 Å². The molecule has 2 aromatic rings. The number of aliphatic carboxylic acids is 1. The quantitative estimate of drug-likeness (QED) is 0.649. The largest absolute Gasteiger partial charge is 0.481 e. The van der Waals surface area contributed by atoms with Gasteiger partial charge in [-0.25, -0.2) is 9.18 Å². The highest BCUT2D eigenvalue weighted by Crippen LogP contribution is 2.31. The van der Waals surface area contributed by atoms with Gasteiger partial charge in [0.15, 0.2) is 0 Å². The van der Waals surface area contributed by atoms with Crippen LogP contribution in [0.2, 0.25) is 0 Å². The van der Waals surface area contributed by atoms with E-state index in [0.717, 1.165) is 0 Å². The number of hydrogen-bond acceptors (Lipinski definition) is 3. The summed E-state index contributed by atoms with van der Waals surface area (Å²) in [5.74, 6) is -2.49.